The zero-order valence-electron chi connectivity index (χ0n) is 14.1. The number of fused-ring (bicyclic) bond motifs is 1. The summed E-state index contributed by atoms with van der Waals surface area (Å²) >= 11 is 0. The fraction of sp³-hybridized carbons (Fsp3) is 0.286. The molecule has 2 aliphatic rings. The van der Waals surface area contributed by atoms with E-state index < -0.39 is 5.60 Å². The van der Waals surface area contributed by atoms with Crippen LogP contribution in [0.15, 0.2) is 61.2 Å². The Balaban J connectivity index is 1.65. The van der Waals surface area contributed by atoms with Gasteiger partial charge in [-0.25, -0.2) is 0 Å². The Morgan fingerprint density at radius 2 is 1.88 bits per heavy atom. The van der Waals surface area contributed by atoms with Gasteiger partial charge in [0.2, 0.25) is 0 Å². The third-order valence-electron chi connectivity index (χ3n) is 5.11. The van der Waals surface area contributed by atoms with Gasteiger partial charge in [-0.05, 0) is 28.8 Å². The molecule has 0 radical (unpaired) electrons. The highest BCUT2D eigenvalue weighted by Gasteiger charge is 2.58. The van der Waals surface area contributed by atoms with Crippen molar-refractivity contribution in [3.8, 4) is 5.75 Å². The van der Waals surface area contributed by atoms with E-state index in [0.29, 0.717) is 6.42 Å². The van der Waals surface area contributed by atoms with Crippen molar-refractivity contribution in [2.24, 2.45) is 0 Å². The first kappa shape index (κ1) is 15.9. The smallest absolute Gasteiger partial charge is 0.309 e. The topological polar surface area (TPSA) is 44.8 Å². The van der Waals surface area contributed by atoms with Crippen LogP contribution in [0.5, 0.6) is 5.75 Å². The number of carbonyl (C=O) groups excluding carboxylic acids is 1. The molecular weight excluding hydrogens is 316 g/mol. The molecule has 3 atom stereocenters. The van der Waals surface area contributed by atoms with Crippen LogP contribution >= 0.6 is 0 Å². The molecule has 2 heterocycles. The lowest BCUT2D eigenvalue weighted by atomic mass is 9.82. The minimum absolute atomic E-state index is 0.135. The van der Waals surface area contributed by atoms with E-state index >= 15 is 0 Å². The maximum absolute atomic E-state index is 12.0. The number of rotatable bonds is 4. The van der Waals surface area contributed by atoms with E-state index in [4.69, 9.17) is 14.2 Å². The number of hydrogen-bond acceptors (Lipinski definition) is 4. The SMILES string of the molecule is C=C(c1ccccc1)[C@@]12CC(c3ccc(OC)cc3)OC1CC(=O)O2. The summed E-state index contributed by atoms with van der Waals surface area (Å²) < 4.78 is 17.2. The van der Waals surface area contributed by atoms with Crippen molar-refractivity contribution >= 4 is 11.5 Å². The zero-order chi connectivity index (χ0) is 17.4. The summed E-state index contributed by atoms with van der Waals surface area (Å²) in [5.41, 5.74) is 2.04. The van der Waals surface area contributed by atoms with Crippen molar-refractivity contribution in [3.63, 3.8) is 0 Å². The fourth-order valence-corrected chi connectivity index (χ4v) is 3.76. The predicted octanol–water partition coefficient (Wildman–Crippen LogP) is 3.92. The predicted molar refractivity (Wildman–Crippen MR) is 94.1 cm³/mol. The van der Waals surface area contributed by atoms with Crippen LogP contribution in [0.1, 0.15) is 30.1 Å². The van der Waals surface area contributed by atoms with E-state index in [1.807, 2.05) is 54.6 Å². The molecule has 2 aromatic carbocycles. The van der Waals surface area contributed by atoms with Gasteiger partial charge in [-0.2, -0.15) is 0 Å². The summed E-state index contributed by atoms with van der Waals surface area (Å²) in [5.74, 6) is 0.576. The third-order valence-corrected chi connectivity index (χ3v) is 5.11. The number of methoxy groups -OCH3 is 1. The molecule has 0 saturated carbocycles. The van der Waals surface area contributed by atoms with E-state index in [1.54, 1.807) is 7.11 Å². The van der Waals surface area contributed by atoms with Gasteiger partial charge < -0.3 is 14.2 Å². The number of esters is 1. The Bertz CT molecular complexity index is 796. The molecule has 0 spiro atoms. The van der Waals surface area contributed by atoms with Crippen molar-refractivity contribution in [2.45, 2.75) is 30.7 Å². The Labute approximate surface area is 147 Å². The number of hydrogen-bond donors (Lipinski definition) is 0. The molecular formula is C21H20O4. The van der Waals surface area contributed by atoms with E-state index in [9.17, 15) is 4.79 Å². The van der Waals surface area contributed by atoms with Crippen LogP contribution in [0.25, 0.3) is 5.57 Å². The van der Waals surface area contributed by atoms with Gasteiger partial charge in [-0.1, -0.05) is 49.0 Å². The Hall–Kier alpha value is -2.59. The molecule has 4 nitrogen and oxygen atoms in total. The van der Waals surface area contributed by atoms with Gasteiger partial charge >= 0.3 is 5.97 Å². The van der Waals surface area contributed by atoms with Gasteiger partial charge in [-0.3, -0.25) is 4.79 Å². The molecule has 2 unspecified atom stereocenters. The third kappa shape index (κ3) is 2.63. The molecule has 2 saturated heterocycles. The highest BCUT2D eigenvalue weighted by molar-refractivity contribution is 5.82. The van der Waals surface area contributed by atoms with Crippen LogP contribution < -0.4 is 4.74 Å². The highest BCUT2D eigenvalue weighted by atomic mass is 16.6. The maximum atomic E-state index is 12.0. The monoisotopic (exact) mass is 336 g/mol. The lowest BCUT2D eigenvalue weighted by Crippen LogP contribution is -2.36. The largest absolute Gasteiger partial charge is 0.497 e. The van der Waals surface area contributed by atoms with Gasteiger partial charge in [0, 0.05) is 6.42 Å². The summed E-state index contributed by atoms with van der Waals surface area (Å²) in [6, 6.07) is 17.7. The van der Waals surface area contributed by atoms with Gasteiger partial charge in [0.15, 0.2) is 5.60 Å². The van der Waals surface area contributed by atoms with Crippen molar-refractivity contribution in [1.82, 2.24) is 0 Å². The molecule has 4 heteroatoms. The van der Waals surface area contributed by atoms with E-state index in [0.717, 1.165) is 22.4 Å². The van der Waals surface area contributed by atoms with Gasteiger partial charge in [-0.15, -0.1) is 0 Å². The lowest BCUT2D eigenvalue weighted by Gasteiger charge is -2.28. The summed E-state index contributed by atoms with van der Waals surface area (Å²) in [7, 11) is 1.64. The Kier molecular flexibility index (Phi) is 3.85. The van der Waals surface area contributed by atoms with Crippen LogP contribution in [0, 0.1) is 0 Å². The molecule has 2 aromatic rings. The number of carbonyl (C=O) groups is 1. The first-order chi connectivity index (χ1) is 12.1. The maximum Gasteiger partial charge on any atom is 0.309 e. The highest BCUT2D eigenvalue weighted by Crippen LogP contribution is 2.52. The van der Waals surface area contributed by atoms with Crippen molar-refractivity contribution < 1.29 is 19.0 Å². The second-order valence-electron chi connectivity index (χ2n) is 6.50. The van der Waals surface area contributed by atoms with Gasteiger partial charge in [0.1, 0.15) is 11.9 Å². The molecule has 0 amide bonds. The summed E-state index contributed by atoms with van der Waals surface area (Å²) in [6.07, 6.45) is 0.395. The summed E-state index contributed by atoms with van der Waals surface area (Å²) in [5, 5.41) is 0. The average molecular weight is 336 g/mol. The molecule has 2 fully saturated rings. The van der Waals surface area contributed by atoms with Crippen LogP contribution in [-0.4, -0.2) is 24.8 Å². The first-order valence-corrected chi connectivity index (χ1v) is 8.38. The molecule has 128 valence electrons. The van der Waals surface area contributed by atoms with Crippen LogP contribution in [-0.2, 0) is 14.3 Å². The summed E-state index contributed by atoms with van der Waals surface area (Å²) in [4.78, 5) is 12.0. The fourth-order valence-electron chi connectivity index (χ4n) is 3.76. The molecule has 0 N–H and O–H groups in total. The molecule has 0 aromatic heterocycles. The van der Waals surface area contributed by atoms with Crippen LogP contribution in [0.4, 0.5) is 0 Å². The van der Waals surface area contributed by atoms with E-state index in [2.05, 4.69) is 6.58 Å². The molecule has 2 aliphatic heterocycles. The molecule has 25 heavy (non-hydrogen) atoms. The number of benzene rings is 2. The van der Waals surface area contributed by atoms with Crippen molar-refractivity contribution in [1.29, 1.82) is 0 Å². The minimum atomic E-state index is -0.789. The number of ether oxygens (including phenoxy) is 3. The molecule has 0 aliphatic carbocycles. The normalized spacial score (nSPS) is 27.6. The average Bonchev–Trinajstić information content (AvgIpc) is 3.15. The van der Waals surface area contributed by atoms with E-state index in [-0.39, 0.29) is 24.6 Å². The second-order valence-corrected chi connectivity index (χ2v) is 6.50. The van der Waals surface area contributed by atoms with Crippen LogP contribution in [0.2, 0.25) is 0 Å². The first-order valence-electron chi connectivity index (χ1n) is 8.38. The van der Waals surface area contributed by atoms with E-state index in [1.165, 1.54) is 0 Å². The Morgan fingerprint density at radius 3 is 2.56 bits per heavy atom. The van der Waals surface area contributed by atoms with Crippen molar-refractivity contribution in [3.05, 3.63) is 72.3 Å². The molecule has 4 rings (SSSR count). The summed E-state index contributed by atoms with van der Waals surface area (Å²) in [6.45, 7) is 4.25. The van der Waals surface area contributed by atoms with Gasteiger partial charge in [0.05, 0.1) is 19.6 Å². The van der Waals surface area contributed by atoms with Gasteiger partial charge in [0.25, 0.3) is 0 Å². The minimum Gasteiger partial charge on any atom is -0.497 e. The zero-order valence-corrected chi connectivity index (χ0v) is 14.1. The Morgan fingerprint density at radius 1 is 1.16 bits per heavy atom. The standard InChI is InChI=1S/C21H20O4/c1-14(15-6-4-3-5-7-15)21-13-18(24-19(21)12-20(22)25-21)16-8-10-17(23-2)11-9-16/h3-11,18-19H,1,12-13H2,2H3/t18?,19?,21-/m0/s1. The quantitative estimate of drug-likeness (QED) is 0.794. The molecule has 0 bridgehead atoms. The lowest BCUT2D eigenvalue weighted by molar-refractivity contribution is -0.144. The van der Waals surface area contributed by atoms with Crippen molar-refractivity contribution in [2.75, 3.05) is 7.11 Å². The second kappa shape index (κ2) is 6.05. The van der Waals surface area contributed by atoms with Crippen LogP contribution in [0.3, 0.4) is 0 Å².